The molecule has 1 aliphatic rings. The molecule has 1 aromatic heterocycles. The van der Waals surface area contributed by atoms with Gasteiger partial charge in [-0.25, -0.2) is 32.7 Å². The van der Waals surface area contributed by atoms with Gasteiger partial charge in [0.05, 0.1) is 28.3 Å². The van der Waals surface area contributed by atoms with E-state index in [9.17, 15) is 17.6 Å². The molecule has 0 radical (unpaired) electrons. The largest absolute Gasteiger partial charge is 0.446 e. The van der Waals surface area contributed by atoms with E-state index in [0.29, 0.717) is 18.4 Å². The summed E-state index contributed by atoms with van der Waals surface area (Å²) in [5, 5.41) is 19.6. The molecular formula is C25H25FN6O4S. The van der Waals surface area contributed by atoms with E-state index in [1.165, 1.54) is 12.1 Å². The van der Waals surface area contributed by atoms with Crippen LogP contribution < -0.4 is 15.8 Å². The lowest BCUT2D eigenvalue weighted by Gasteiger charge is -2.18. The van der Waals surface area contributed by atoms with Crippen LogP contribution in [0.15, 0.2) is 59.8 Å². The van der Waals surface area contributed by atoms with Crippen molar-refractivity contribution in [1.82, 2.24) is 15.3 Å². The third-order valence-electron chi connectivity index (χ3n) is 6.17. The molecule has 37 heavy (non-hydrogen) atoms. The Labute approximate surface area is 213 Å². The molecule has 3 aromatic rings. The SMILES string of the molecule is C[C@H](NC(=O)O[C@H]1CC[C@@H](c2cnc(Nc3ccc(S(N)(=O)=O)cc3F)nc2)C1)c1cccc(C#N)c1. The van der Waals surface area contributed by atoms with Gasteiger partial charge in [-0.3, -0.25) is 0 Å². The van der Waals surface area contributed by atoms with Gasteiger partial charge in [-0.05, 0) is 73.6 Å². The topological polar surface area (TPSA) is 160 Å². The molecule has 2 aromatic carbocycles. The lowest BCUT2D eigenvalue weighted by atomic mass is 10.0. The van der Waals surface area contributed by atoms with Gasteiger partial charge in [0, 0.05) is 12.4 Å². The number of nitrogens with zero attached hydrogens (tertiary/aromatic N) is 3. The Morgan fingerprint density at radius 1 is 1.22 bits per heavy atom. The molecule has 0 saturated heterocycles. The predicted octanol–water partition coefficient (Wildman–Crippen LogP) is 4.00. The van der Waals surface area contributed by atoms with Crippen molar-refractivity contribution in [2.75, 3.05) is 5.32 Å². The molecule has 1 heterocycles. The average molecular weight is 525 g/mol. The molecule has 4 rings (SSSR count). The average Bonchev–Trinajstić information content (AvgIpc) is 3.33. The minimum Gasteiger partial charge on any atom is -0.446 e. The molecule has 192 valence electrons. The molecule has 1 fully saturated rings. The van der Waals surface area contributed by atoms with Crippen LogP contribution in [0.1, 0.15) is 54.8 Å². The summed E-state index contributed by atoms with van der Waals surface area (Å²) in [5.41, 5.74) is 2.20. The fraction of sp³-hybridized carbons (Fsp3) is 0.280. The number of primary sulfonamides is 1. The number of sulfonamides is 1. The number of nitriles is 1. The first kappa shape index (κ1) is 26.0. The zero-order chi connectivity index (χ0) is 26.6. The molecule has 0 bridgehead atoms. The van der Waals surface area contributed by atoms with Crippen LogP contribution in [0.25, 0.3) is 0 Å². The van der Waals surface area contributed by atoms with Crippen LogP contribution in [0.3, 0.4) is 0 Å². The zero-order valence-electron chi connectivity index (χ0n) is 19.9. The van der Waals surface area contributed by atoms with Crippen molar-refractivity contribution in [1.29, 1.82) is 5.26 Å². The number of hydrogen-bond acceptors (Lipinski definition) is 8. The molecule has 0 spiro atoms. The number of halogens is 1. The maximum atomic E-state index is 14.3. The first-order valence-corrected chi connectivity index (χ1v) is 13.1. The smallest absolute Gasteiger partial charge is 0.407 e. The summed E-state index contributed by atoms with van der Waals surface area (Å²) in [6.45, 7) is 1.82. The van der Waals surface area contributed by atoms with Gasteiger partial charge < -0.3 is 15.4 Å². The number of benzene rings is 2. The normalized spacial score (nSPS) is 18.0. The molecule has 1 saturated carbocycles. The molecule has 12 heteroatoms. The highest BCUT2D eigenvalue weighted by molar-refractivity contribution is 7.89. The van der Waals surface area contributed by atoms with Crippen molar-refractivity contribution >= 4 is 27.8 Å². The predicted molar refractivity (Wildman–Crippen MR) is 133 cm³/mol. The van der Waals surface area contributed by atoms with Crippen molar-refractivity contribution in [3.63, 3.8) is 0 Å². The zero-order valence-corrected chi connectivity index (χ0v) is 20.7. The number of amides is 1. The van der Waals surface area contributed by atoms with Gasteiger partial charge >= 0.3 is 6.09 Å². The van der Waals surface area contributed by atoms with Crippen molar-refractivity contribution in [2.24, 2.45) is 5.14 Å². The maximum Gasteiger partial charge on any atom is 0.407 e. The quantitative estimate of drug-likeness (QED) is 0.418. The number of alkyl carbamates (subject to hydrolysis) is 1. The number of nitrogens with two attached hydrogens (primary N) is 1. The number of anilines is 2. The number of carbonyl (C=O) groups is 1. The van der Waals surface area contributed by atoms with E-state index in [0.717, 1.165) is 23.6 Å². The van der Waals surface area contributed by atoms with Gasteiger partial charge in [0.1, 0.15) is 11.9 Å². The minimum absolute atomic E-state index is 0.00840. The van der Waals surface area contributed by atoms with Crippen molar-refractivity contribution < 1.29 is 22.3 Å². The summed E-state index contributed by atoms with van der Waals surface area (Å²) in [5.74, 6) is -0.562. The second kappa shape index (κ2) is 10.9. The van der Waals surface area contributed by atoms with Crippen LogP contribution in [-0.2, 0) is 14.8 Å². The Balaban J connectivity index is 1.30. The fourth-order valence-corrected chi connectivity index (χ4v) is 4.71. The van der Waals surface area contributed by atoms with Crippen molar-refractivity contribution in [2.45, 2.75) is 49.1 Å². The molecule has 1 aliphatic carbocycles. The van der Waals surface area contributed by atoms with E-state index in [2.05, 4.69) is 26.7 Å². The van der Waals surface area contributed by atoms with E-state index < -0.39 is 21.9 Å². The third-order valence-corrected chi connectivity index (χ3v) is 7.08. The highest BCUT2D eigenvalue weighted by Crippen LogP contribution is 2.36. The number of carbonyl (C=O) groups excluding carboxylic acids is 1. The third kappa shape index (κ3) is 6.58. The second-order valence-electron chi connectivity index (χ2n) is 8.79. The summed E-state index contributed by atoms with van der Waals surface area (Å²) >= 11 is 0. The van der Waals surface area contributed by atoms with Gasteiger partial charge in [0.2, 0.25) is 16.0 Å². The number of nitrogens with one attached hydrogen (secondary N) is 2. The summed E-state index contributed by atoms with van der Waals surface area (Å²) in [6.07, 6.45) is 4.58. The molecule has 3 atom stereocenters. The standard InChI is InChI=1S/C25H25FN6O4S/c1-15(17-4-2-3-16(9-17)12-27)31-25(33)36-20-6-5-18(10-20)19-13-29-24(30-14-19)32-23-8-7-21(11-22(23)26)37(28,34)35/h2-4,7-9,11,13-15,18,20H,5-6,10H2,1H3,(H,31,33)(H2,28,34,35)(H,29,30,32)/t15-,18+,20-/m0/s1. The Bertz CT molecular complexity index is 1440. The van der Waals surface area contributed by atoms with Gasteiger partial charge in [-0.15, -0.1) is 0 Å². The van der Waals surface area contributed by atoms with Crippen LogP contribution in [0.4, 0.5) is 20.8 Å². The summed E-state index contributed by atoms with van der Waals surface area (Å²) in [6, 6.07) is 12.1. The minimum atomic E-state index is -4.01. The number of aromatic nitrogens is 2. The maximum absolute atomic E-state index is 14.3. The first-order valence-electron chi connectivity index (χ1n) is 11.5. The molecular weight excluding hydrogens is 499 g/mol. The van der Waals surface area contributed by atoms with Gasteiger partial charge in [-0.2, -0.15) is 5.26 Å². The summed E-state index contributed by atoms with van der Waals surface area (Å²) in [4.78, 5) is 20.5. The fourth-order valence-electron chi connectivity index (χ4n) is 4.18. The lowest BCUT2D eigenvalue weighted by Crippen LogP contribution is -2.30. The Kier molecular flexibility index (Phi) is 7.66. The molecule has 0 unspecified atom stereocenters. The van der Waals surface area contributed by atoms with E-state index in [-0.39, 0.29) is 34.6 Å². The van der Waals surface area contributed by atoms with E-state index in [4.69, 9.17) is 15.1 Å². The van der Waals surface area contributed by atoms with Crippen LogP contribution in [0.2, 0.25) is 0 Å². The van der Waals surface area contributed by atoms with Gasteiger partial charge in [-0.1, -0.05) is 12.1 Å². The number of hydrogen-bond donors (Lipinski definition) is 3. The van der Waals surface area contributed by atoms with Crippen LogP contribution >= 0.6 is 0 Å². The van der Waals surface area contributed by atoms with Crippen LogP contribution in [-0.4, -0.2) is 30.6 Å². The molecule has 4 N–H and O–H groups in total. The molecule has 0 aliphatic heterocycles. The van der Waals surface area contributed by atoms with E-state index in [1.807, 2.05) is 13.0 Å². The van der Waals surface area contributed by atoms with E-state index in [1.54, 1.807) is 30.6 Å². The van der Waals surface area contributed by atoms with Crippen LogP contribution in [0.5, 0.6) is 0 Å². The monoisotopic (exact) mass is 524 g/mol. The second-order valence-corrected chi connectivity index (χ2v) is 10.4. The Hall–Kier alpha value is -4.08. The highest BCUT2D eigenvalue weighted by atomic mass is 32.2. The van der Waals surface area contributed by atoms with Crippen molar-refractivity contribution in [3.05, 3.63) is 77.4 Å². The Morgan fingerprint density at radius 2 is 1.97 bits per heavy atom. The van der Waals surface area contributed by atoms with Gasteiger partial charge in [0.25, 0.3) is 0 Å². The number of ether oxygens (including phenoxy) is 1. The highest BCUT2D eigenvalue weighted by Gasteiger charge is 2.29. The van der Waals surface area contributed by atoms with E-state index >= 15 is 0 Å². The molecule has 1 amide bonds. The summed E-state index contributed by atoms with van der Waals surface area (Å²) < 4.78 is 42.6. The van der Waals surface area contributed by atoms with Gasteiger partial charge in [0.15, 0.2) is 0 Å². The van der Waals surface area contributed by atoms with Crippen molar-refractivity contribution in [3.8, 4) is 6.07 Å². The van der Waals surface area contributed by atoms with Crippen LogP contribution in [0, 0.1) is 17.1 Å². The lowest BCUT2D eigenvalue weighted by molar-refractivity contribution is 0.0976. The summed E-state index contributed by atoms with van der Waals surface area (Å²) in [7, 11) is -4.01. The Morgan fingerprint density at radius 3 is 2.65 bits per heavy atom. The first-order chi connectivity index (χ1) is 17.6. The molecule has 10 nitrogen and oxygen atoms in total. The number of rotatable bonds is 7.